The van der Waals surface area contributed by atoms with Gasteiger partial charge in [0.25, 0.3) is 0 Å². The zero-order valence-electron chi connectivity index (χ0n) is 14.0. The molecule has 2 rings (SSSR count). The Kier molecular flexibility index (Phi) is 6.69. The summed E-state index contributed by atoms with van der Waals surface area (Å²) >= 11 is 11.1. The largest absolute Gasteiger partial charge is 0.506 e. The molecule has 10 heteroatoms. The summed E-state index contributed by atoms with van der Waals surface area (Å²) in [6.07, 6.45) is -0.155. The van der Waals surface area contributed by atoms with Crippen molar-refractivity contribution in [2.75, 3.05) is 0 Å². The van der Waals surface area contributed by atoms with Crippen molar-refractivity contribution in [2.45, 2.75) is 13.3 Å². The van der Waals surface area contributed by atoms with Crippen LogP contribution >= 0.6 is 23.2 Å². The Morgan fingerprint density at radius 3 is 2.25 bits per heavy atom. The van der Waals surface area contributed by atoms with Crippen LogP contribution in [-0.4, -0.2) is 21.9 Å². The minimum Gasteiger partial charge on any atom is -0.506 e. The summed E-state index contributed by atoms with van der Waals surface area (Å²) in [6.45, 7) is 1.43. The van der Waals surface area contributed by atoms with Crippen LogP contribution in [0.2, 0.25) is 10.0 Å². The number of nitrogens with zero attached hydrogens (tertiary/aromatic N) is 1. The quantitative estimate of drug-likeness (QED) is 0.149. The second-order valence-corrected chi connectivity index (χ2v) is 6.16. The predicted molar refractivity (Wildman–Crippen MR) is 97.3 cm³/mol. The minimum atomic E-state index is -1.76. The highest BCUT2D eigenvalue weighted by atomic mass is 35.5. The maximum Gasteiger partial charge on any atom is 0.341 e. The highest BCUT2D eigenvalue weighted by Gasteiger charge is 2.27. The van der Waals surface area contributed by atoms with E-state index in [-0.39, 0.29) is 12.1 Å². The highest BCUT2D eigenvalue weighted by molar-refractivity contribution is 6.36. The number of aliphatic hydroxyl groups excluding tert-OH is 1. The minimum absolute atomic E-state index is 0.155. The Bertz CT molecular complexity index is 1020. The van der Waals surface area contributed by atoms with E-state index in [1.54, 1.807) is 0 Å². The zero-order valence-corrected chi connectivity index (χ0v) is 15.5. The van der Waals surface area contributed by atoms with Crippen LogP contribution in [0.15, 0.2) is 34.8 Å². The topological polar surface area (TPSA) is 69.9 Å². The summed E-state index contributed by atoms with van der Waals surface area (Å²) in [5, 5.41) is 18.2. The van der Waals surface area contributed by atoms with E-state index in [0.717, 1.165) is 12.1 Å². The third-order valence-electron chi connectivity index (χ3n) is 3.59. The van der Waals surface area contributed by atoms with Gasteiger partial charge in [0.15, 0.2) is 11.6 Å². The number of aliphatic carboxylic acids is 1. The Morgan fingerprint density at radius 2 is 1.71 bits per heavy atom. The first-order valence-electron chi connectivity index (χ1n) is 7.61. The maximum atomic E-state index is 14.2. The smallest absolute Gasteiger partial charge is 0.341 e. The van der Waals surface area contributed by atoms with Gasteiger partial charge in [-0.3, -0.25) is 0 Å². The monoisotopic (exact) mass is 435 g/mol. The molecule has 0 radical (unpaired) electrons. The molecule has 0 aliphatic carbocycles. The second-order valence-electron chi connectivity index (χ2n) is 5.38. The molecule has 0 saturated carbocycles. The molecule has 0 heterocycles. The Hall–Kier alpha value is -2.58. The van der Waals surface area contributed by atoms with Crippen molar-refractivity contribution >= 4 is 46.3 Å². The summed E-state index contributed by atoms with van der Waals surface area (Å²) in [6, 6.07) is 2.88. The maximum absolute atomic E-state index is 14.2. The molecule has 0 amide bonds. The van der Waals surface area contributed by atoms with E-state index >= 15 is 0 Å². The Morgan fingerprint density at radius 1 is 1.07 bits per heavy atom. The molecule has 2 aromatic rings. The number of hydrogen-bond acceptors (Lipinski definition) is 3. The number of carboxylic acid groups (broad SMARTS) is 1. The predicted octanol–water partition coefficient (Wildman–Crippen LogP) is 6.09. The molecule has 2 N–H and O–H groups in total. The van der Waals surface area contributed by atoms with Crippen LogP contribution in [0, 0.1) is 23.3 Å². The molecule has 28 heavy (non-hydrogen) atoms. The molecule has 2 aromatic carbocycles. The summed E-state index contributed by atoms with van der Waals surface area (Å²) in [5.74, 6) is -7.50. The zero-order chi connectivity index (χ0) is 21.2. The molecular formula is C18H11Cl2F4NO3. The van der Waals surface area contributed by atoms with Gasteiger partial charge in [0.2, 0.25) is 0 Å². The normalized spacial score (nSPS) is 12.8. The average Bonchev–Trinajstić information content (AvgIpc) is 2.60. The van der Waals surface area contributed by atoms with E-state index < -0.39 is 61.9 Å². The van der Waals surface area contributed by atoms with Crippen LogP contribution < -0.4 is 0 Å². The SMILES string of the molecule is CCC(=Nc1ccc(F)cc1F)C(C(=O)O)=C(O)c1c(F)cc(Cl)c(F)c1Cl. The third kappa shape index (κ3) is 4.28. The van der Waals surface area contributed by atoms with Crippen molar-refractivity contribution < 1.29 is 32.6 Å². The first kappa shape index (κ1) is 21.7. The lowest BCUT2D eigenvalue weighted by molar-refractivity contribution is -0.132. The number of rotatable bonds is 5. The second kappa shape index (κ2) is 8.62. The average molecular weight is 436 g/mol. The van der Waals surface area contributed by atoms with Crippen LogP contribution in [0.3, 0.4) is 0 Å². The first-order chi connectivity index (χ1) is 13.1. The van der Waals surface area contributed by atoms with E-state index in [4.69, 9.17) is 23.2 Å². The lowest BCUT2D eigenvalue weighted by atomic mass is 10.0. The third-order valence-corrected chi connectivity index (χ3v) is 4.22. The molecule has 0 spiro atoms. The number of benzene rings is 2. The van der Waals surface area contributed by atoms with Crippen molar-refractivity contribution in [3.63, 3.8) is 0 Å². The Labute approximate surface area is 166 Å². The number of halogens is 6. The van der Waals surface area contributed by atoms with Crippen molar-refractivity contribution in [1.82, 2.24) is 0 Å². The van der Waals surface area contributed by atoms with Crippen molar-refractivity contribution in [3.05, 3.63) is 68.7 Å². The van der Waals surface area contributed by atoms with Gasteiger partial charge in [-0.05, 0) is 24.6 Å². The van der Waals surface area contributed by atoms with Gasteiger partial charge in [-0.15, -0.1) is 0 Å². The molecule has 0 fully saturated rings. The number of aliphatic imine (C=N–C) groups is 1. The molecule has 0 saturated heterocycles. The van der Waals surface area contributed by atoms with Crippen molar-refractivity contribution in [2.24, 2.45) is 4.99 Å². The van der Waals surface area contributed by atoms with Crippen molar-refractivity contribution in [1.29, 1.82) is 0 Å². The van der Waals surface area contributed by atoms with Crippen LogP contribution in [-0.2, 0) is 4.79 Å². The van der Waals surface area contributed by atoms with E-state index in [9.17, 15) is 32.6 Å². The van der Waals surface area contributed by atoms with Crippen LogP contribution in [0.25, 0.3) is 5.76 Å². The highest BCUT2D eigenvalue weighted by Crippen LogP contribution is 2.34. The summed E-state index contributed by atoms with van der Waals surface area (Å²) < 4.78 is 55.0. The number of carbonyl (C=O) groups is 1. The van der Waals surface area contributed by atoms with Gasteiger partial charge in [0.1, 0.15) is 23.0 Å². The fraction of sp³-hybridized carbons (Fsp3) is 0.111. The molecule has 0 aliphatic rings. The summed E-state index contributed by atoms with van der Waals surface area (Å²) in [7, 11) is 0. The summed E-state index contributed by atoms with van der Waals surface area (Å²) in [5.41, 5.74) is -2.68. The van der Waals surface area contributed by atoms with Crippen LogP contribution in [0.5, 0.6) is 0 Å². The fourth-order valence-corrected chi connectivity index (χ4v) is 2.82. The number of hydrogen-bond donors (Lipinski definition) is 2. The van der Waals surface area contributed by atoms with E-state index in [1.165, 1.54) is 6.92 Å². The first-order valence-corrected chi connectivity index (χ1v) is 8.36. The van der Waals surface area contributed by atoms with Gasteiger partial charge >= 0.3 is 5.97 Å². The number of aliphatic hydroxyl groups is 1. The van der Waals surface area contributed by atoms with Crippen molar-refractivity contribution in [3.8, 4) is 0 Å². The standard InChI is InChI=1S/C18H11Cl2F4NO3/c1-2-11(25-12-4-3-7(21)5-9(12)22)14(18(27)28)17(26)13-10(23)6-8(19)16(24)15(13)20/h3-6,26H,2H2,1H3,(H,27,28). The van der Waals surface area contributed by atoms with Gasteiger partial charge in [0, 0.05) is 6.07 Å². The van der Waals surface area contributed by atoms with Crippen LogP contribution in [0.1, 0.15) is 18.9 Å². The lowest BCUT2D eigenvalue weighted by Gasteiger charge is -2.12. The molecular weight excluding hydrogens is 425 g/mol. The van der Waals surface area contributed by atoms with Gasteiger partial charge in [-0.2, -0.15) is 0 Å². The molecule has 0 atom stereocenters. The van der Waals surface area contributed by atoms with Gasteiger partial charge < -0.3 is 10.2 Å². The molecule has 148 valence electrons. The van der Waals surface area contributed by atoms with Crippen LogP contribution in [0.4, 0.5) is 23.2 Å². The molecule has 0 aliphatic heterocycles. The van der Waals surface area contributed by atoms with E-state index in [1.807, 2.05) is 0 Å². The lowest BCUT2D eigenvalue weighted by Crippen LogP contribution is -2.15. The number of carboxylic acids is 1. The fourth-order valence-electron chi connectivity index (χ4n) is 2.30. The Balaban J connectivity index is 2.77. The van der Waals surface area contributed by atoms with Gasteiger partial charge in [-0.1, -0.05) is 30.1 Å². The van der Waals surface area contributed by atoms with E-state index in [0.29, 0.717) is 12.1 Å². The van der Waals surface area contributed by atoms with E-state index in [2.05, 4.69) is 4.99 Å². The molecule has 0 bridgehead atoms. The molecule has 0 unspecified atom stereocenters. The molecule has 0 aromatic heterocycles. The van der Waals surface area contributed by atoms with Gasteiger partial charge in [-0.25, -0.2) is 27.3 Å². The summed E-state index contributed by atoms with van der Waals surface area (Å²) in [4.78, 5) is 15.5. The van der Waals surface area contributed by atoms with Gasteiger partial charge in [0.05, 0.1) is 27.0 Å². The molecule has 4 nitrogen and oxygen atoms in total.